The topological polar surface area (TPSA) is 48.7 Å². The fourth-order valence-electron chi connectivity index (χ4n) is 1.80. The second kappa shape index (κ2) is 5.83. The third-order valence-electron chi connectivity index (χ3n) is 2.99. The summed E-state index contributed by atoms with van der Waals surface area (Å²) in [6, 6.07) is 11.1. The van der Waals surface area contributed by atoms with Crippen LogP contribution < -0.4 is 5.32 Å². The monoisotopic (exact) mass is 291 g/mol. The van der Waals surface area contributed by atoms with Gasteiger partial charge in [0.15, 0.2) is 0 Å². The lowest BCUT2D eigenvalue weighted by Crippen LogP contribution is -2.10. The number of halogens is 3. The zero-order valence-electron chi connectivity index (χ0n) is 11.1. The Hall–Kier alpha value is -2.55. The van der Waals surface area contributed by atoms with Crippen LogP contribution in [-0.4, -0.2) is 4.98 Å². The second-order valence-electron chi connectivity index (χ2n) is 4.53. The molecule has 1 aromatic heterocycles. The zero-order chi connectivity index (χ0) is 15.5. The van der Waals surface area contributed by atoms with Crippen LogP contribution in [0.25, 0.3) is 0 Å². The fourth-order valence-corrected chi connectivity index (χ4v) is 1.80. The number of nitrogens with one attached hydrogen (secondary N) is 1. The molecule has 0 amide bonds. The van der Waals surface area contributed by atoms with E-state index in [0.717, 1.165) is 17.8 Å². The van der Waals surface area contributed by atoms with Gasteiger partial charge in [0.25, 0.3) is 0 Å². The molecule has 2 rings (SSSR count). The molecule has 0 aliphatic carbocycles. The highest BCUT2D eigenvalue weighted by atomic mass is 19.4. The van der Waals surface area contributed by atoms with E-state index in [-0.39, 0.29) is 6.04 Å². The summed E-state index contributed by atoms with van der Waals surface area (Å²) >= 11 is 0. The second-order valence-corrected chi connectivity index (χ2v) is 4.53. The van der Waals surface area contributed by atoms with Crippen LogP contribution in [0.2, 0.25) is 0 Å². The SMILES string of the molecule is CC(Nc1ccc(C(F)(F)F)cn1)c1ccc(C#N)cc1. The molecule has 108 valence electrons. The first kappa shape index (κ1) is 14.9. The van der Waals surface area contributed by atoms with Crippen LogP contribution in [0.4, 0.5) is 19.0 Å². The Bertz CT molecular complexity index is 640. The lowest BCUT2D eigenvalue weighted by molar-refractivity contribution is -0.137. The number of nitriles is 1. The number of anilines is 1. The van der Waals surface area contributed by atoms with Crippen LogP contribution in [0.5, 0.6) is 0 Å². The van der Waals surface area contributed by atoms with Gasteiger partial charge in [0.2, 0.25) is 0 Å². The van der Waals surface area contributed by atoms with E-state index in [0.29, 0.717) is 11.4 Å². The molecule has 6 heteroatoms. The van der Waals surface area contributed by atoms with Crippen molar-refractivity contribution in [2.45, 2.75) is 19.1 Å². The average Bonchev–Trinajstić information content (AvgIpc) is 2.47. The van der Waals surface area contributed by atoms with E-state index in [1.807, 2.05) is 13.0 Å². The van der Waals surface area contributed by atoms with Crippen LogP contribution in [0, 0.1) is 11.3 Å². The molecule has 1 aromatic carbocycles. The molecule has 1 N–H and O–H groups in total. The lowest BCUT2D eigenvalue weighted by atomic mass is 10.1. The minimum atomic E-state index is -4.38. The lowest BCUT2D eigenvalue weighted by Gasteiger charge is -2.15. The average molecular weight is 291 g/mol. The van der Waals surface area contributed by atoms with Crippen molar-refractivity contribution in [3.63, 3.8) is 0 Å². The first-order chi connectivity index (χ1) is 9.90. The van der Waals surface area contributed by atoms with E-state index < -0.39 is 11.7 Å². The molecule has 0 fully saturated rings. The predicted molar refractivity (Wildman–Crippen MR) is 72.4 cm³/mol. The van der Waals surface area contributed by atoms with Crippen molar-refractivity contribution in [3.05, 3.63) is 59.3 Å². The van der Waals surface area contributed by atoms with E-state index in [9.17, 15) is 13.2 Å². The van der Waals surface area contributed by atoms with Gasteiger partial charge in [-0.05, 0) is 36.8 Å². The van der Waals surface area contributed by atoms with Crippen LogP contribution in [-0.2, 0) is 6.18 Å². The van der Waals surface area contributed by atoms with Crippen molar-refractivity contribution in [3.8, 4) is 6.07 Å². The van der Waals surface area contributed by atoms with E-state index >= 15 is 0 Å². The van der Waals surface area contributed by atoms with E-state index in [1.54, 1.807) is 24.3 Å². The Kier molecular flexibility index (Phi) is 4.13. The van der Waals surface area contributed by atoms with E-state index in [1.165, 1.54) is 6.07 Å². The standard InChI is InChI=1S/C15H12F3N3/c1-10(12-4-2-11(8-19)3-5-12)21-14-7-6-13(9-20-14)15(16,17)18/h2-7,9-10H,1H3,(H,20,21). The highest BCUT2D eigenvalue weighted by Gasteiger charge is 2.30. The minimum absolute atomic E-state index is 0.137. The number of rotatable bonds is 3. The Labute approximate surface area is 120 Å². The summed E-state index contributed by atoms with van der Waals surface area (Å²) in [4.78, 5) is 3.76. The maximum atomic E-state index is 12.4. The number of hydrogen-bond donors (Lipinski definition) is 1. The van der Waals surface area contributed by atoms with Gasteiger partial charge >= 0.3 is 6.18 Å². The minimum Gasteiger partial charge on any atom is -0.364 e. The van der Waals surface area contributed by atoms with Gasteiger partial charge in [-0.1, -0.05) is 12.1 Å². The van der Waals surface area contributed by atoms with Crippen LogP contribution in [0.3, 0.4) is 0 Å². The third kappa shape index (κ3) is 3.72. The van der Waals surface area contributed by atoms with Crippen LogP contribution >= 0.6 is 0 Å². The summed E-state index contributed by atoms with van der Waals surface area (Å²) in [5.41, 5.74) is 0.688. The summed E-state index contributed by atoms with van der Waals surface area (Å²) in [5.74, 6) is 0.361. The summed E-state index contributed by atoms with van der Waals surface area (Å²) in [6.07, 6.45) is -3.59. The number of aromatic nitrogens is 1. The first-order valence-electron chi connectivity index (χ1n) is 6.20. The molecule has 0 saturated heterocycles. The summed E-state index contributed by atoms with van der Waals surface area (Å²) in [5, 5.41) is 11.7. The number of benzene rings is 1. The molecule has 0 radical (unpaired) electrons. The maximum Gasteiger partial charge on any atom is 0.417 e. The third-order valence-corrected chi connectivity index (χ3v) is 2.99. The fraction of sp³-hybridized carbons (Fsp3) is 0.200. The smallest absolute Gasteiger partial charge is 0.364 e. The molecule has 21 heavy (non-hydrogen) atoms. The molecule has 0 aliphatic rings. The van der Waals surface area contributed by atoms with Crippen molar-refractivity contribution >= 4 is 5.82 Å². The van der Waals surface area contributed by atoms with Gasteiger partial charge in [-0.2, -0.15) is 18.4 Å². The molecular weight excluding hydrogens is 279 g/mol. The van der Waals surface area contributed by atoms with Gasteiger partial charge < -0.3 is 5.32 Å². The molecule has 3 nitrogen and oxygen atoms in total. The van der Waals surface area contributed by atoms with Crippen LogP contribution in [0.1, 0.15) is 29.7 Å². The molecule has 2 aromatic rings. The molecule has 0 spiro atoms. The Morgan fingerprint density at radius 2 is 1.81 bits per heavy atom. The van der Waals surface area contributed by atoms with Crippen molar-refractivity contribution in [1.82, 2.24) is 4.98 Å². The molecule has 1 atom stereocenters. The van der Waals surface area contributed by atoms with Gasteiger partial charge in [-0.15, -0.1) is 0 Å². The Balaban J connectivity index is 2.08. The van der Waals surface area contributed by atoms with Gasteiger partial charge in [0, 0.05) is 12.2 Å². The van der Waals surface area contributed by atoms with E-state index in [4.69, 9.17) is 5.26 Å². The molecule has 1 unspecified atom stereocenters. The van der Waals surface area contributed by atoms with Gasteiger partial charge in [0.1, 0.15) is 5.82 Å². The molecular formula is C15H12F3N3. The highest BCUT2D eigenvalue weighted by Crippen LogP contribution is 2.29. The predicted octanol–water partition coefficient (Wildman–Crippen LogP) is 4.15. The quantitative estimate of drug-likeness (QED) is 0.924. The van der Waals surface area contributed by atoms with Gasteiger partial charge in [-0.3, -0.25) is 0 Å². The van der Waals surface area contributed by atoms with Crippen molar-refractivity contribution in [1.29, 1.82) is 5.26 Å². The maximum absolute atomic E-state index is 12.4. The molecule has 0 bridgehead atoms. The van der Waals surface area contributed by atoms with Gasteiger partial charge in [0.05, 0.1) is 17.2 Å². The normalized spacial score (nSPS) is 12.5. The molecule has 1 heterocycles. The largest absolute Gasteiger partial charge is 0.417 e. The summed E-state index contributed by atoms with van der Waals surface area (Å²) < 4.78 is 37.3. The van der Waals surface area contributed by atoms with Crippen molar-refractivity contribution in [2.75, 3.05) is 5.32 Å². The van der Waals surface area contributed by atoms with Crippen molar-refractivity contribution < 1.29 is 13.2 Å². The number of pyridine rings is 1. The number of hydrogen-bond acceptors (Lipinski definition) is 3. The van der Waals surface area contributed by atoms with Crippen molar-refractivity contribution in [2.24, 2.45) is 0 Å². The van der Waals surface area contributed by atoms with Gasteiger partial charge in [-0.25, -0.2) is 4.98 Å². The number of nitrogens with zero attached hydrogens (tertiary/aromatic N) is 2. The number of alkyl halides is 3. The zero-order valence-corrected chi connectivity index (χ0v) is 11.1. The van der Waals surface area contributed by atoms with Crippen LogP contribution in [0.15, 0.2) is 42.6 Å². The summed E-state index contributed by atoms with van der Waals surface area (Å²) in [6.45, 7) is 1.86. The molecule has 0 saturated carbocycles. The molecule has 0 aliphatic heterocycles. The van der Waals surface area contributed by atoms with E-state index in [2.05, 4.69) is 10.3 Å². The highest BCUT2D eigenvalue weighted by molar-refractivity contribution is 5.41. The first-order valence-corrected chi connectivity index (χ1v) is 6.20. The summed E-state index contributed by atoms with van der Waals surface area (Å²) in [7, 11) is 0. The Morgan fingerprint density at radius 3 is 2.29 bits per heavy atom. The Morgan fingerprint density at radius 1 is 1.14 bits per heavy atom.